The zero-order valence-electron chi connectivity index (χ0n) is 11.5. The van der Waals surface area contributed by atoms with Gasteiger partial charge in [0.1, 0.15) is 0 Å². The van der Waals surface area contributed by atoms with Crippen LogP contribution in [0.25, 0.3) is 0 Å². The van der Waals surface area contributed by atoms with Crippen LogP contribution in [0.15, 0.2) is 0 Å². The molecular formula is C15H31N. The highest BCUT2D eigenvalue weighted by molar-refractivity contribution is 4.64. The first kappa shape index (κ1) is 14.0. The molecule has 0 bridgehead atoms. The van der Waals surface area contributed by atoms with Crippen LogP contribution in [0.5, 0.6) is 0 Å². The molecule has 0 amide bonds. The van der Waals surface area contributed by atoms with Crippen molar-refractivity contribution in [3.8, 4) is 0 Å². The Morgan fingerprint density at radius 3 is 1.69 bits per heavy atom. The van der Waals surface area contributed by atoms with Gasteiger partial charge in [-0.05, 0) is 33.4 Å². The molecule has 1 saturated heterocycles. The Kier molecular flexibility index (Phi) is 7.92. The van der Waals surface area contributed by atoms with Gasteiger partial charge in [0, 0.05) is 6.04 Å². The molecule has 96 valence electrons. The highest BCUT2D eigenvalue weighted by atomic mass is 15.1. The van der Waals surface area contributed by atoms with Crippen molar-refractivity contribution in [3.63, 3.8) is 0 Å². The fourth-order valence-corrected chi connectivity index (χ4v) is 2.66. The molecule has 1 nitrogen and oxygen atoms in total. The average Bonchev–Trinajstić information content (AvgIpc) is 2.29. The molecule has 1 rings (SSSR count). The Labute approximate surface area is 103 Å². The lowest BCUT2D eigenvalue weighted by molar-refractivity contribution is 0.235. The molecule has 0 aromatic heterocycles. The predicted octanol–water partition coefficient (Wildman–Crippen LogP) is 4.61. The van der Waals surface area contributed by atoms with Gasteiger partial charge in [-0.3, -0.25) is 0 Å². The van der Waals surface area contributed by atoms with Crippen LogP contribution in [0.3, 0.4) is 0 Å². The molecule has 1 fully saturated rings. The van der Waals surface area contributed by atoms with Crippen molar-refractivity contribution in [2.45, 2.75) is 83.6 Å². The predicted molar refractivity (Wildman–Crippen MR) is 72.9 cm³/mol. The van der Waals surface area contributed by atoms with Crippen molar-refractivity contribution >= 4 is 0 Å². The van der Waals surface area contributed by atoms with E-state index >= 15 is 0 Å². The molecule has 0 aliphatic carbocycles. The van der Waals surface area contributed by atoms with Crippen LogP contribution in [0.4, 0.5) is 0 Å². The van der Waals surface area contributed by atoms with Crippen LogP contribution in [0.2, 0.25) is 0 Å². The first-order valence-electron chi connectivity index (χ1n) is 7.51. The lowest BCUT2D eigenvalue weighted by Gasteiger charge is -2.24. The highest BCUT2D eigenvalue weighted by Gasteiger charge is 2.08. The lowest BCUT2D eigenvalue weighted by atomic mass is 10.0. The fourth-order valence-electron chi connectivity index (χ4n) is 2.66. The zero-order valence-corrected chi connectivity index (χ0v) is 11.5. The van der Waals surface area contributed by atoms with Gasteiger partial charge in [0.25, 0.3) is 0 Å². The van der Waals surface area contributed by atoms with Gasteiger partial charge < -0.3 is 4.90 Å². The molecule has 0 radical (unpaired) electrons. The van der Waals surface area contributed by atoms with Gasteiger partial charge in [-0.2, -0.15) is 0 Å². The van der Waals surface area contributed by atoms with Crippen molar-refractivity contribution in [1.82, 2.24) is 4.90 Å². The maximum Gasteiger partial charge on any atom is 0.00638 e. The molecule has 1 aliphatic heterocycles. The van der Waals surface area contributed by atoms with E-state index in [1.165, 1.54) is 77.2 Å². The first-order chi connectivity index (χ1) is 7.80. The van der Waals surface area contributed by atoms with Crippen molar-refractivity contribution in [2.75, 3.05) is 13.6 Å². The summed E-state index contributed by atoms with van der Waals surface area (Å²) in [6, 6.07) is 0.794. The molecule has 0 saturated carbocycles. The summed E-state index contributed by atoms with van der Waals surface area (Å²) < 4.78 is 0. The van der Waals surface area contributed by atoms with Gasteiger partial charge in [0.2, 0.25) is 0 Å². The van der Waals surface area contributed by atoms with Gasteiger partial charge >= 0.3 is 0 Å². The maximum absolute atomic E-state index is 2.56. The third kappa shape index (κ3) is 6.52. The largest absolute Gasteiger partial charge is 0.304 e. The second-order valence-electron chi connectivity index (χ2n) is 5.65. The maximum atomic E-state index is 2.56. The molecule has 1 atom stereocenters. The number of hydrogen-bond donors (Lipinski definition) is 0. The molecule has 16 heavy (non-hydrogen) atoms. The summed E-state index contributed by atoms with van der Waals surface area (Å²) in [6.45, 7) is 3.70. The molecule has 0 aromatic carbocycles. The minimum absolute atomic E-state index is 0.794. The summed E-state index contributed by atoms with van der Waals surface area (Å²) >= 11 is 0. The summed E-state index contributed by atoms with van der Waals surface area (Å²) in [5, 5.41) is 0. The topological polar surface area (TPSA) is 3.24 Å². The number of rotatable bonds is 0. The van der Waals surface area contributed by atoms with E-state index in [1.54, 1.807) is 0 Å². The number of hydrogen-bond acceptors (Lipinski definition) is 1. The molecule has 1 heterocycles. The normalized spacial score (nSPS) is 28.5. The molecule has 1 unspecified atom stereocenters. The quantitative estimate of drug-likeness (QED) is 0.582. The summed E-state index contributed by atoms with van der Waals surface area (Å²) in [7, 11) is 2.30. The fraction of sp³-hybridized carbons (Fsp3) is 1.00. The minimum Gasteiger partial charge on any atom is -0.304 e. The van der Waals surface area contributed by atoms with E-state index in [0.29, 0.717) is 0 Å². The van der Waals surface area contributed by atoms with E-state index in [9.17, 15) is 0 Å². The Morgan fingerprint density at radius 2 is 1.12 bits per heavy atom. The van der Waals surface area contributed by atoms with Gasteiger partial charge in [0.15, 0.2) is 0 Å². The summed E-state index contributed by atoms with van der Waals surface area (Å²) in [5.74, 6) is 0. The molecule has 0 spiro atoms. The molecule has 0 N–H and O–H groups in total. The minimum atomic E-state index is 0.794. The highest BCUT2D eigenvalue weighted by Crippen LogP contribution is 2.15. The Bertz CT molecular complexity index is 138. The third-order valence-electron chi connectivity index (χ3n) is 4.14. The zero-order chi connectivity index (χ0) is 11.6. The van der Waals surface area contributed by atoms with E-state index in [-0.39, 0.29) is 0 Å². The van der Waals surface area contributed by atoms with Gasteiger partial charge in [-0.25, -0.2) is 0 Å². The molecule has 1 aliphatic rings. The van der Waals surface area contributed by atoms with E-state index in [1.807, 2.05) is 0 Å². The van der Waals surface area contributed by atoms with Crippen molar-refractivity contribution in [3.05, 3.63) is 0 Å². The van der Waals surface area contributed by atoms with E-state index < -0.39 is 0 Å². The van der Waals surface area contributed by atoms with Crippen molar-refractivity contribution < 1.29 is 0 Å². The first-order valence-corrected chi connectivity index (χ1v) is 7.51. The van der Waals surface area contributed by atoms with Crippen LogP contribution in [-0.2, 0) is 0 Å². The van der Waals surface area contributed by atoms with Crippen LogP contribution in [0.1, 0.15) is 77.6 Å². The van der Waals surface area contributed by atoms with E-state index in [0.717, 1.165) is 6.04 Å². The Balaban J connectivity index is 2.21. The van der Waals surface area contributed by atoms with Crippen LogP contribution >= 0.6 is 0 Å². The SMILES string of the molecule is CC1CCCCCCCCCCCCN1C. The van der Waals surface area contributed by atoms with Crippen LogP contribution in [-0.4, -0.2) is 24.5 Å². The summed E-state index contributed by atoms with van der Waals surface area (Å²) in [6.07, 6.45) is 16.0. The van der Waals surface area contributed by atoms with E-state index in [2.05, 4.69) is 18.9 Å². The second-order valence-corrected chi connectivity index (χ2v) is 5.65. The monoisotopic (exact) mass is 225 g/mol. The Morgan fingerprint density at radius 1 is 0.688 bits per heavy atom. The van der Waals surface area contributed by atoms with Crippen molar-refractivity contribution in [1.29, 1.82) is 0 Å². The number of nitrogens with zero attached hydrogens (tertiary/aromatic N) is 1. The van der Waals surface area contributed by atoms with Gasteiger partial charge in [-0.15, -0.1) is 0 Å². The third-order valence-corrected chi connectivity index (χ3v) is 4.14. The lowest BCUT2D eigenvalue weighted by Crippen LogP contribution is -2.29. The average molecular weight is 225 g/mol. The standard InChI is InChI=1S/C15H31N/c1-15-13-11-9-7-5-3-4-6-8-10-12-14-16(15)2/h15H,3-14H2,1-2H3. The Hall–Kier alpha value is -0.0400. The summed E-state index contributed by atoms with van der Waals surface area (Å²) in [5.41, 5.74) is 0. The van der Waals surface area contributed by atoms with Crippen molar-refractivity contribution in [2.24, 2.45) is 0 Å². The summed E-state index contributed by atoms with van der Waals surface area (Å²) in [4.78, 5) is 2.56. The van der Waals surface area contributed by atoms with Crippen LogP contribution in [0, 0.1) is 0 Å². The molecular weight excluding hydrogens is 194 g/mol. The van der Waals surface area contributed by atoms with E-state index in [4.69, 9.17) is 0 Å². The van der Waals surface area contributed by atoms with Gasteiger partial charge in [0.05, 0.1) is 0 Å². The van der Waals surface area contributed by atoms with Gasteiger partial charge in [-0.1, -0.05) is 57.8 Å². The van der Waals surface area contributed by atoms with Crippen LogP contribution < -0.4 is 0 Å². The smallest absolute Gasteiger partial charge is 0.00638 e. The molecule has 1 heteroatoms. The molecule has 0 aromatic rings. The second kappa shape index (κ2) is 9.04.